The van der Waals surface area contributed by atoms with Crippen LogP contribution in [0.25, 0.3) is 0 Å². The Bertz CT molecular complexity index is 667. The maximum atomic E-state index is 9.32. The zero-order valence-corrected chi connectivity index (χ0v) is 13.9. The van der Waals surface area contributed by atoms with Crippen LogP contribution in [0.3, 0.4) is 0 Å². The highest BCUT2D eigenvalue weighted by atomic mass is 16.7. The Morgan fingerprint density at radius 1 is 0.833 bits per heavy atom. The minimum atomic E-state index is 0.234. The lowest BCUT2D eigenvalue weighted by Gasteiger charge is -2.35. The van der Waals surface area contributed by atoms with Gasteiger partial charge in [-0.25, -0.2) is 0 Å². The molecule has 128 valence electrons. The number of benzene rings is 2. The van der Waals surface area contributed by atoms with Gasteiger partial charge in [-0.15, -0.1) is 5.06 Å². The summed E-state index contributed by atoms with van der Waals surface area (Å²) in [5.41, 5.74) is 1.03. The molecule has 6 nitrogen and oxygen atoms in total. The van der Waals surface area contributed by atoms with Gasteiger partial charge >= 0.3 is 0 Å². The van der Waals surface area contributed by atoms with Crippen molar-refractivity contribution in [2.75, 3.05) is 45.3 Å². The third-order valence-corrected chi connectivity index (χ3v) is 4.04. The zero-order valence-electron chi connectivity index (χ0n) is 13.9. The fraction of sp³-hybridized carbons (Fsp3) is 0.333. The molecule has 24 heavy (non-hydrogen) atoms. The van der Waals surface area contributed by atoms with E-state index in [9.17, 15) is 5.11 Å². The van der Waals surface area contributed by atoms with Gasteiger partial charge in [-0.2, -0.15) is 0 Å². The van der Waals surface area contributed by atoms with Crippen LogP contribution in [-0.4, -0.2) is 50.6 Å². The number of piperazine rings is 1. The Morgan fingerprint density at radius 3 is 2.12 bits per heavy atom. The summed E-state index contributed by atoms with van der Waals surface area (Å²) in [6, 6.07) is 12.6. The van der Waals surface area contributed by atoms with Gasteiger partial charge in [0.05, 0.1) is 33.0 Å². The van der Waals surface area contributed by atoms with Crippen molar-refractivity contribution in [3.05, 3.63) is 42.5 Å². The van der Waals surface area contributed by atoms with Crippen LogP contribution < -0.4 is 19.2 Å². The lowest BCUT2D eigenvalue weighted by molar-refractivity contribution is -0.0620. The monoisotopic (exact) mass is 330 g/mol. The van der Waals surface area contributed by atoms with E-state index in [2.05, 4.69) is 4.90 Å². The number of phenols is 1. The molecule has 0 bridgehead atoms. The van der Waals surface area contributed by atoms with E-state index in [-0.39, 0.29) is 5.75 Å². The van der Waals surface area contributed by atoms with E-state index in [1.54, 1.807) is 38.5 Å². The molecule has 3 rings (SSSR count). The van der Waals surface area contributed by atoms with Crippen LogP contribution in [0.4, 0.5) is 5.69 Å². The minimum Gasteiger partial charge on any atom is -0.508 e. The van der Waals surface area contributed by atoms with Gasteiger partial charge in [0, 0.05) is 19.2 Å². The molecule has 2 aromatic rings. The second-order valence-electron chi connectivity index (χ2n) is 5.54. The highest BCUT2D eigenvalue weighted by Crippen LogP contribution is 2.33. The van der Waals surface area contributed by atoms with Crippen LogP contribution in [-0.2, 0) is 0 Å². The molecule has 0 amide bonds. The fourth-order valence-electron chi connectivity index (χ4n) is 2.72. The van der Waals surface area contributed by atoms with Crippen molar-refractivity contribution in [2.24, 2.45) is 0 Å². The summed E-state index contributed by atoms with van der Waals surface area (Å²) in [4.78, 5) is 8.10. The van der Waals surface area contributed by atoms with Crippen LogP contribution in [0.2, 0.25) is 0 Å². The molecular weight excluding hydrogens is 308 g/mol. The van der Waals surface area contributed by atoms with Crippen molar-refractivity contribution < 1.29 is 19.4 Å². The average Bonchev–Trinajstić information content (AvgIpc) is 2.64. The highest BCUT2D eigenvalue weighted by Gasteiger charge is 2.21. The SMILES string of the molecule is COc1ccc(OC)c(N2CCN(Oc3ccc(O)cc3)CC2)c1. The van der Waals surface area contributed by atoms with E-state index in [4.69, 9.17) is 14.3 Å². The summed E-state index contributed by atoms with van der Waals surface area (Å²) < 4.78 is 10.8. The number of ether oxygens (including phenoxy) is 2. The number of hydroxylamine groups is 2. The summed E-state index contributed by atoms with van der Waals surface area (Å²) in [5, 5.41) is 11.2. The molecule has 0 aromatic heterocycles. The maximum Gasteiger partial charge on any atom is 0.147 e. The summed E-state index contributed by atoms with van der Waals surface area (Å²) in [6.07, 6.45) is 0. The van der Waals surface area contributed by atoms with Crippen molar-refractivity contribution >= 4 is 5.69 Å². The van der Waals surface area contributed by atoms with E-state index in [1.165, 1.54) is 0 Å². The first-order valence-corrected chi connectivity index (χ1v) is 7.88. The Labute approximate surface area is 141 Å². The molecule has 1 N–H and O–H groups in total. The van der Waals surface area contributed by atoms with Crippen LogP contribution in [0, 0.1) is 0 Å². The smallest absolute Gasteiger partial charge is 0.147 e. The minimum absolute atomic E-state index is 0.234. The quantitative estimate of drug-likeness (QED) is 0.909. The molecule has 2 aromatic carbocycles. The van der Waals surface area contributed by atoms with Crippen molar-refractivity contribution in [3.63, 3.8) is 0 Å². The standard InChI is InChI=1S/C18H22N2O4/c1-22-16-7-8-18(23-2)17(13-16)19-9-11-20(12-10-19)24-15-5-3-14(21)4-6-15/h3-8,13,21H,9-12H2,1-2H3. The third-order valence-electron chi connectivity index (χ3n) is 4.04. The predicted molar refractivity (Wildman–Crippen MR) is 92.1 cm³/mol. The third kappa shape index (κ3) is 3.65. The first kappa shape index (κ1) is 16.3. The van der Waals surface area contributed by atoms with Gasteiger partial charge in [0.1, 0.15) is 23.0 Å². The molecule has 0 aliphatic carbocycles. The van der Waals surface area contributed by atoms with E-state index < -0.39 is 0 Å². The van der Waals surface area contributed by atoms with Gasteiger partial charge in [-0.3, -0.25) is 0 Å². The Morgan fingerprint density at radius 2 is 1.50 bits per heavy atom. The zero-order chi connectivity index (χ0) is 16.9. The van der Waals surface area contributed by atoms with Crippen molar-refractivity contribution in [1.82, 2.24) is 5.06 Å². The van der Waals surface area contributed by atoms with Crippen molar-refractivity contribution in [1.29, 1.82) is 0 Å². The molecule has 1 saturated heterocycles. The number of nitrogens with zero attached hydrogens (tertiary/aromatic N) is 2. The van der Waals surface area contributed by atoms with Crippen LogP contribution in [0.15, 0.2) is 42.5 Å². The second-order valence-corrected chi connectivity index (χ2v) is 5.54. The van der Waals surface area contributed by atoms with E-state index in [0.717, 1.165) is 49.1 Å². The molecule has 6 heteroatoms. The lowest BCUT2D eigenvalue weighted by atomic mass is 10.2. The molecule has 0 unspecified atom stereocenters. The molecule has 1 heterocycles. The molecular formula is C18H22N2O4. The fourth-order valence-corrected chi connectivity index (χ4v) is 2.72. The van der Waals surface area contributed by atoms with Crippen LogP contribution >= 0.6 is 0 Å². The van der Waals surface area contributed by atoms with E-state index in [1.807, 2.05) is 23.3 Å². The Balaban J connectivity index is 1.63. The summed E-state index contributed by atoms with van der Waals surface area (Å²) in [6.45, 7) is 3.17. The van der Waals surface area contributed by atoms with Gasteiger partial charge in [0.25, 0.3) is 0 Å². The van der Waals surface area contributed by atoms with Gasteiger partial charge in [0.15, 0.2) is 0 Å². The van der Waals surface area contributed by atoms with E-state index in [0.29, 0.717) is 0 Å². The average molecular weight is 330 g/mol. The number of rotatable bonds is 5. The number of phenolic OH excluding ortho intramolecular Hbond substituents is 1. The number of hydrogen-bond donors (Lipinski definition) is 1. The van der Waals surface area contributed by atoms with Gasteiger partial charge in [-0.05, 0) is 36.4 Å². The van der Waals surface area contributed by atoms with Crippen molar-refractivity contribution in [2.45, 2.75) is 0 Å². The first-order chi connectivity index (χ1) is 11.7. The largest absolute Gasteiger partial charge is 0.508 e. The molecule has 1 aliphatic heterocycles. The molecule has 0 spiro atoms. The van der Waals surface area contributed by atoms with Gasteiger partial charge in [0.2, 0.25) is 0 Å². The normalized spacial score (nSPS) is 15.2. The summed E-state index contributed by atoms with van der Waals surface area (Å²) in [7, 11) is 3.34. The van der Waals surface area contributed by atoms with Gasteiger partial charge < -0.3 is 24.3 Å². The number of aromatic hydroxyl groups is 1. The topological polar surface area (TPSA) is 54.4 Å². The second kappa shape index (κ2) is 7.31. The molecule has 1 aliphatic rings. The number of methoxy groups -OCH3 is 2. The number of hydrogen-bond acceptors (Lipinski definition) is 6. The molecule has 0 radical (unpaired) electrons. The lowest BCUT2D eigenvalue weighted by Crippen LogP contribution is -2.47. The highest BCUT2D eigenvalue weighted by molar-refractivity contribution is 5.62. The Hall–Kier alpha value is -2.60. The predicted octanol–water partition coefficient (Wildman–Crippen LogP) is 2.53. The maximum absolute atomic E-state index is 9.32. The first-order valence-electron chi connectivity index (χ1n) is 7.88. The van der Waals surface area contributed by atoms with Crippen molar-refractivity contribution in [3.8, 4) is 23.0 Å². The van der Waals surface area contributed by atoms with Gasteiger partial charge in [-0.1, -0.05) is 0 Å². The molecule has 0 saturated carbocycles. The summed E-state index contributed by atoms with van der Waals surface area (Å²) in [5.74, 6) is 2.61. The summed E-state index contributed by atoms with van der Waals surface area (Å²) >= 11 is 0. The van der Waals surface area contributed by atoms with E-state index >= 15 is 0 Å². The molecule has 0 atom stereocenters. The Kier molecular flexibility index (Phi) is 4.96. The molecule has 1 fully saturated rings. The van der Waals surface area contributed by atoms with Crippen LogP contribution in [0.1, 0.15) is 0 Å². The number of anilines is 1. The van der Waals surface area contributed by atoms with Crippen LogP contribution in [0.5, 0.6) is 23.0 Å².